The van der Waals surface area contributed by atoms with Gasteiger partial charge < -0.3 is 4.74 Å². The molecule has 0 saturated carbocycles. The molecule has 3 nitrogen and oxygen atoms in total. The summed E-state index contributed by atoms with van der Waals surface area (Å²) in [5.74, 6) is -1.22. The van der Waals surface area contributed by atoms with E-state index in [1.165, 1.54) is 24.3 Å². The molecule has 0 N–H and O–H groups in total. The maximum absolute atomic E-state index is 12.5. The van der Waals surface area contributed by atoms with Crippen molar-refractivity contribution in [3.8, 4) is 5.75 Å². The monoisotopic (exact) mass is 216 g/mol. The van der Waals surface area contributed by atoms with Crippen LogP contribution in [0.25, 0.3) is 0 Å². The van der Waals surface area contributed by atoms with Crippen LogP contribution in [0.15, 0.2) is 24.3 Å². The molecule has 82 valence electrons. The smallest absolute Gasteiger partial charge is 0.388 e. The third-order valence-electron chi connectivity index (χ3n) is 1.80. The molecular formula is C10H10F2O3. The summed E-state index contributed by atoms with van der Waals surface area (Å²) in [6, 6.07) is 5.07. The number of hydrogen-bond donors (Lipinski definition) is 0. The molecular weight excluding hydrogens is 206 g/mol. The van der Waals surface area contributed by atoms with Crippen LogP contribution < -0.4 is 4.74 Å². The topological polar surface area (TPSA) is 35.5 Å². The van der Waals surface area contributed by atoms with Crippen molar-refractivity contribution in [3.05, 3.63) is 30.1 Å². The van der Waals surface area contributed by atoms with E-state index < -0.39 is 17.9 Å². The molecule has 0 aliphatic rings. The number of carbonyl (C=O) groups excluding carboxylic acids is 1. The van der Waals surface area contributed by atoms with Crippen LogP contribution in [-0.2, 0) is 9.74 Å². The van der Waals surface area contributed by atoms with Gasteiger partial charge in [-0.2, -0.15) is 0 Å². The SMILES string of the molecule is CCC(Oc1ccc(F)cc1)C(=O)OF. The van der Waals surface area contributed by atoms with E-state index in [0.717, 1.165) is 0 Å². The van der Waals surface area contributed by atoms with E-state index in [1.54, 1.807) is 6.92 Å². The van der Waals surface area contributed by atoms with Gasteiger partial charge in [0.2, 0.25) is 0 Å². The molecule has 0 saturated heterocycles. The number of hydrogen-bond acceptors (Lipinski definition) is 3. The minimum Gasteiger partial charge on any atom is -0.479 e. The Hall–Kier alpha value is -1.65. The first-order valence-corrected chi connectivity index (χ1v) is 4.42. The quantitative estimate of drug-likeness (QED) is 0.775. The minimum absolute atomic E-state index is 0.264. The van der Waals surface area contributed by atoms with E-state index in [4.69, 9.17) is 4.74 Å². The summed E-state index contributed by atoms with van der Waals surface area (Å²) in [7, 11) is 0. The highest BCUT2D eigenvalue weighted by molar-refractivity contribution is 5.74. The largest absolute Gasteiger partial charge is 0.479 e. The second-order valence-corrected chi connectivity index (χ2v) is 2.86. The maximum Gasteiger partial charge on any atom is 0.388 e. The molecule has 1 aromatic carbocycles. The van der Waals surface area contributed by atoms with Crippen molar-refractivity contribution in [3.63, 3.8) is 0 Å². The Morgan fingerprint density at radius 1 is 1.40 bits per heavy atom. The third-order valence-corrected chi connectivity index (χ3v) is 1.80. The Balaban J connectivity index is 2.66. The number of halogens is 2. The molecule has 0 bridgehead atoms. The molecule has 15 heavy (non-hydrogen) atoms. The number of ether oxygens (including phenoxy) is 1. The fraction of sp³-hybridized carbons (Fsp3) is 0.300. The van der Waals surface area contributed by atoms with Crippen LogP contribution in [0.3, 0.4) is 0 Å². The number of carbonyl (C=O) groups is 1. The summed E-state index contributed by atoms with van der Waals surface area (Å²) >= 11 is 0. The van der Waals surface area contributed by atoms with Crippen LogP contribution in [0.2, 0.25) is 0 Å². The molecule has 0 heterocycles. The second-order valence-electron chi connectivity index (χ2n) is 2.86. The first-order chi connectivity index (χ1) is 7.17. The van der Waals surface area contributed by atoms with Crippen molar-refractivity contribution in [1.82, 2.24) is 0 Å². The normalized spacial score (nSPS) is 11.9. The van der Waals surface area contributed by atoms with Gasteiger partial charge in [0.1, 0.15) is 11.6 Å². The standard InChI is InChI=1S/C10H10F2O3/c1-2-9(10(13)15-12)14-8-5-3-7(11)4-6-8/h3-6,9H,2H2,1H3. The highest BCUT2D eigenvalue weighted by Crippen LogP contribution is 2.14. The van der Waals surface area contributed by atoms with Crippen LogP contribution in [0.5, 0.6) is 5.75 Å². The van der Waals surface area contributed by atoms with E-state index in [0.29, 0.717) is 0 Å². The molecule has 0 radical (unpaired) electrons. The first kappa shape index (κ1) is 11.4. The second kappa shape index (κ2) is 5.29. The molecule has 1 rings (SSSR count). The van der Waals surface area contributed by atoms with Crippen LogP contribution in [0, 0.1) is 5.82 Å². The van der Waals surface area contributed by atoms with Gasteiger partial charge in [0.15, 0.2) is 6.10 Å². The van der Waals surface area contributed by atoms with E-state index >= 15 is 0 Å². The summed E-state index contributed by atoms with van der Waals surface area (Å²) in [6.07, 6.45) is -0.749. The summed E-state index contributed by atoms with van der Waals surface area (Å²) in [4.78, 5) is 13.9. The van der Waals surface area contributed by atoms with Gasteiger partial charge in [0.05, 0.1) is 0 Å². The van der Waals surface area contributed by atoms with Crippen molar-refractivity contribution in [2.24, 2.45) is 0 Å². The average Bonchev–Trinajstić information content (AvgIpc) is 2.27. The molecule has 0 aromatic heterocycles. The molecule has 0 spiro atoms. The molecule has 5 heteroatoms. The Morgan fingerprint density at radius 3 is 2.47 bits per heavy atom. The average molecular weight is 216 g/mol. The van der Waals surface area contributed by atoms with E-state index in [-0.39, 0.29) is 12.2 Å². The third kappa shape index (κ3) is 3.19. The van der Waals surface area contributed by atoms with E-state index in [1.807, 2.05) is 0 Å². The zero-order valence-electron chi connectivity index (χ0n) is 8.07. The molecule has 0 aliphatic heterocycles. The van der Waals surface area contributed by atoms with Crippen molar-refractivity contribution < 1.29 is 23.4 Å². The predicted octanol–water partition coefficient (Wildman–Crippen LogP) is 2.41. The molecule has 0 aliphatic carbocycles. The van der Waals surface area contributed by atoms with E-state index in [9.17, 15) is 13.7 Å². The lowest BCUT2D eigenvalue weighted by molar-refractivity contribution is -0.192. The summed E-state index contributed by atoms with van der Waals surface area (Å²) in [5, 5.41) is 0. The molecule has 0 fully saturated rings. The van der Waals surface area contributed by atoms with Crippen LogP contribution in [0.4, 0.5) is 8.92 Å². The van der Waals surface area contributed by atoms with Gasteiger partial charge in [-0.25, -0.2) is 9.18 Å². The van der Waals surface area contributed by atoms with E-state index in [2.05, 4.69) is 4.94 Å². The molecule has 1 aromatic rings. The van der Waals surface area contributed by atoms with Crippen LogP contribution in [0.1, 0.15) is 13.3 Å². The summed E-state index contributed by atoms with van der Waals surface area (Å²) < 4.78 is 29.2. The summed E-state index contributed by atoms with van der Waals surface area (Å²) in [5.41, 5.74) is 0. The summed E-state index contributed by atoms with van der Waals surface area (Å²) in [6.45, 7) is 1.64. The van der Waals surface area contributed by atoms with Gasteiger partial charge in [0.25, 0.3) is 0 Å². The van der Waals surface area contributed by atoms with Gasteiger partial charge in [0, 0.05) is 4.53 Å². The van der Waals surface area contributed by atoms with Gasteiger partial charge in [-0.05, 0) is 30.7 Å². The van der Waals surface area contributed by atoms with Gasteiger partial charge in [-0.3, -0.25) is 4.94 Å². The predicted molar refractivity (Wildman–Crippen MR) is 48.3 cm³/mol. The van der Waals surface area contributed by atoms with Crippen molar-refractivity contribution in [2.45, 2.75) is 19.4 Å². The first-order valence-electron chi connectivity index (χ1n) is 4.42. The Morgan fingerprint density at radius 2 is 2.00 bits per heavy atom. The lowest BCUT2D eigenvalue weighted by Crippen LogP contribution is -2.26. The Labute approximate surface area is 85.5 Å². The fourth-order valence-electron chi connectivity index (χ4n) is 1.03. The van der Waals surface area contributed by atoms with Crippen LogP contribution in [-0.4, -0.2) is 12.1 Å². The molecule has 0 amide bonds. The zero-order chi connectivity index (χ0) is 11.3. The number of benzene rings is 1. The van der Waals surface area contributed by atoms with Crippen molar-refractivity contribution in [1.29, 1.82) is 0 Å². The van der Waals surface area contributed by atoms with Crippen molar-refractivity contribution >= 4 is 5.97 Å². The fourth-order valence-corrected chi connectivity index (χ4v) is 1.03. The number of rotatable bonds is 4. The lowest BCUT2D eigenvalue weighted by Gasteiger charge is -2.12. The highest BCUT2D eigenvalue weighted by Gasteiger charge is 2.20. The molecule has 1 unspecified atom stereocenters. The highest BCUT2D eigenvalue weighted by atomic mass is 19.3. The maximum atomic E-state index is 12.5. The van der Waals surface area contributed by atoms with Crippen LogP contribution >= 0.6 is 0 Å². The molecule has 1 atom stereocenters. The van der Waals surface area contributed by atoms with Gasteiger partial charge in [-0.15, -0.1) is 0 Å². The van der Waals surface area contributed by atoms with Crippen molar-refractivity contribution in [2.75, 3.05) is 0 Å². The van der Waals surface area contributed by atoms with Gasteiger partial charge >= 0.3 is 5.97 Å². The lowest BCUT2D eigenvalue weighted by atomic mass is 10.2. The Kier molecular flexibility index (Phi) is 4.03. The van der Waals surface area contributed by atoms with Gasteiger partial charge in [-0.1, -0.05) is 6.92 Å². The minimum atomic E-state index is -1.10. The zero-order valence-corrected chi connectivity index (χ0v) is 8.07. The Bertz CT molecular complexity index is 324.